The first-order valence-electron chi connectivity index (χ1n) is 7.72. The van der Waals surface area contributed by atoms with Gasteiger partial charge in [0.25, 0.3) is 0 Å². The van der Waals surface area contributed by atoms with Gasteiger partial charge in [0.1, 0.15) is 0 Å². The van der Waals surface area contributed by atoms with Crippen molar-refractivity contribution in [1.82, 2.24) is 10.2 Å². The molecule has 0 spiro atoms. The topological polar surface area (TPSA) is 58.4 Å². The zero-order chi connectivity index (χ0) is 14.0. The zero-order valence-electron chi connectivity index (χ0n) is 12.6. The van der Waals surface area contributed by atoms with Gasteiger partial charge in [0.2, 0.25) is 5.91 Å². The Bertz CT molecular complexity index is 329. The van der Waals surface area contributed by atoms with Crippen molar-refractivity contribution in [3.63, 3.8) is 0 Å². The van der Waals surface area contributed by atoms with Crippen LogP contribution in [0.3, 0.4) is 0 Å². The summed E-state index contributed by atoms with van der Waals surface area (Å²) in [5, 5.41) is 3.43. The maximum atomic E-state index is 11.7. The second-order valence-corrected chi connectivity index (χ2v) is 6.89. The molecule has 110 valence electrons. The summed E-state index contributed by atoms with van der Waals surface area (Å²) in [7, 11) is 0. The average molecular weight is 267 g/mol. The number of primary amides is 1. The number of nitrogens with zero attached hydrogens (tertiary/aromatic N) is 1. The van der Waals surface area contributed by atoms with Crippen molar-refractivity contribution in [2.24, 2.45) is 11.7 Å². The van der Waals surface area contributed by atoms with Gasteiger partial charge in [0, 0.05) is 25.2 Å². The summed E-state index contributed by atoms with van der Waals surface area (Å²) in [6.45, 7) is 8.69. The molecular formula is C15H29N3O. The van der Waals surface area contributed by atoms with E-state index < -0.39 is 5.54 Å². The van der Waals surface area contributed by atoms with Crippen molar-refractivity contribution in [3.05, 3.63) is 0 Å². The number of likely N-dealkylation sites (tertiary alicyclic amines) is 1. The summed E-state index contributed by atoms with van der Waals surface area (Å²) in [6, 6.07) is 1.14. The lowest BCUT2D eigenvalue weighted by Gasteiger charge is -2.39. The number of nitrogens with one attached hydrogen (secondary N) is 1. The Morgan fingerprint density at radius 1 is 1.32 bits per heavy atom. The van der Waals surface area contributed by atoms with E-state index in [1.807, 2.05) is 6.92 Å². The van der Waals surface area contributed by atoms with Gasteiger partial charge in [0.15, 0.2) is 0 Å². The molecule has 4 heteroatoms. The molecule has 1 heterocycles. The molecule has 1 aliphatic heterocycles. The Balaban J connectivity index is 1.88. The van der Waals surface area contributed by atoms with Crippen LogP contribution in [0.15, 0.2) is 0 Å². The van der Waals surface area contributed by atoms with E-state index >= 15 is 0 Å². The van der Waals surface area contributed by atoms with E-state index in [4.69, 9.17) is 5.73 Å². The third-order valence-corrected chi connectivity index (χ3v) is 4.79. The van der Waals surface area contributed by atoms with Gasteiger partial charge in [-0.1, -0.05) is 6.92 Å². The largest absolute Gasteiger partial charge is 0.368 e. The van der Waals surface area contributed by atoms with E-state index in [0.717, 1.165) is 25.4 Å². The van der Waals surface area contributed by atoms with Crippen LogP contribution >= 0.6 is 0 Å². The number of piperidine rings is 1. The highest BCUT2D eigenvalue weighted by atomic mass is 16.1. The molecule has 0 bridgehead atoms. The van der Waals surface area contributed by atoms with Crippen molar-refractivity contribution >= 4 is 5.91 Å². The standard InChI is InChI=1S/C15H29N3O/c1-11-4-5-12(2)18(10-11)9-8-15(3,14(16)19)17-13-6-7-13/h11-13,17H,4-10H2,1-3H3,(H2,16,19). The monoisotopic (exact) mass is 267 g/mol. The predicted molar refractivity (Wildman–Crippen MR) is 77.8 cm³/mol. The average Bonchev–Trinajstić information content (AvgIpc) is 3.14. The third kappa shape index (κ3) is 3.93. The Kier molecular flexibility index (Phi) is 4.51. The van der Waals surface area contributed by atoms with Gasteiger partial charge in [-0.2, -0.15) is 0 Å². The maximum absolute atomic E-state index is 11.7. The molecule has 2 fully saturated rings. The number of nitrogens with two attached hydrogens (primary N) is 1. The van der Waals surface area contributed by atoms with Crippen molar-refractivity contribution in [3.8, 4) is 0 Å². The molecule has 0 aromatic rings. The van der Waals surface area contributed by atoms with E-state index in [9.17, 15) is 4.79 Å². The molecule has 0 aromatic heterocycles. The zero-order valence-corrected chi connectivity index (χ0v) is 12.6. The van der Waals surface area contributed by atoms with Crippen LogP contribution in [-0.2, 0) is 4.79 Å². The number of carbonyl (C=O) groups excluding carboxylic acids is 1. The molecule has 2 rings (SSSR count). The summed E-state index contributed by atoms with van der Waals surface area (Å²) >= 11 is 0. The minimum absolute atomic E-state index is 0.211. The molecule has 1 amide bonds. The lowest BCUT2D eigenvalue weighted by molar-refractivity contribution is -0.124. The number of amides is 1. The van der Waals surface area contributed by atoms with Crippen LogP contribution < -0.4 is 11.1 Å². The molecule has 3 N–H and O–H groups in total. The fraction of sp³-hybridized carbons (Fsp3) is 0.933. The van der Waals surface area contributed by atoms with E-state index in [1.54, 1.807) is 0 Å². The molecule has 1 aliphatic carbocycles. The number of rotatable bonds is 6. The van der Waals surface area contributed by atoms with E-state index in [2.05, 4.69) is 24.1 Å². The molecule has 1 saturated heterocycles. The number of carbonyl (C=O) groups is 1. The normalized spacial score (nSPS) is 31.9. The highest BCUT2D eigenvalue weighted by Gasteiger charge is 2.37. The summed E-state index contributed by atoms with van der Waals surface area (Å²) in [6.07, 6.45) is 5.77. The van der Waals surface area contributed by atoms with Crippen molar-refractivity contribution in [1.29, 1.82) is 0 Å². The fourth-order valence-electron chi connectivity index (χ4n) is 3.00. The summed E-state index contributed by atoms with van der Waals surface area (Å²) in [5.41, 5.74) is 5.06. The summed E-state index contributed by atoms with van der Waals surface area (Å²) < 4.78 is 0. The van der Waals surface area contributed by atoms with Crippen LogP contribution in [0.1, 0.15) is 52.9 Å². The van der Waals surface area contributed by atoms with Gasteiger partial charge in [-0.05, 0) is 51.9 Å². The number of hydrogen-bond acceptors (Lipinski definition) is 3. The van der Waals surface area contributed by atoms with E-state index in [1.165, 1.54) is 25.7 Å². The second kappa shape index (κ2) is 5.80. The molecule has 0 aromatic carbocycles. The van der Waals surface area contributed by atoms with Crippen molar-refractivity contribution < 1.29 is 4.79 Å². The van der Waals surface area contributed by atoms with Gasteiger partial charge in [-0.25, -0.2) is 0 Å². The highest BCUT2D eigenvalue weighted by Crippen LogP contribution is 2.26. The Morgan fingerprint density at radius 3 is 2.58 bits per heavy atom. The van der Waals surface area contributed by atoms with E-state index in [-0.39, 0.29) is 5.91 Å². The third-order valence-electron chi connectivity index (χ3n) is 4.79. The molecule has 4 nitrogen and oxygen atoms in total. The van der Waals surface area contributed by atoms with Gasteiger partial charge in [0.05, 0.1) is 5.54 Å². The SMILES string of the molecule is CC1CCC(C)N(CCC(C)(NC2CC2)C(N)=O)C1. The Morgan fingerprint density at radius 2 is 2.00 bits per heavy atom. The molecule has 19 heavy (non-hydrogen) atoms. The Hall–Kier alpha value is -0.610. The Labute approximate surface area is 117 Å². The van der Waals surface area contributed by atoms with Gasteiger partial charge < -0.3 is 16.0 Å². The van der Waals surface area contributed by atoms with Gasteiger partial charge in [-0.3, -0.25) is 4.79 Å². The molecule has 2 aliphatic rings. The minimum Gasteiger partial charge on any atom is -0.368 e. The highest BCUT2D eigenvalue weighted by molar-refractivity contribution is 5.84. The van der Waals surface area contributed by atoms with Crippen molar-refractivity contribution in [2.45, 2.75) is 70.5 Å². The first kappa shape index (κ1) is 14.8. The minimum atomic E-state index is -0.540. The van der Waals surface area contributed by atoms with Crippen LogP contribution in [0.5, 0.6) is 0 Å². The van der Waals surface area contributed by atoms with Crippen molar-refractivity contribution in [2.75, 3.05) is 13.1 Å². The maximum Gasteiger partial charge on any atom is 0.237 e. The summed E-state index contributed by atoms with van der Waals surface area (Å²) in [5.74, 6) is 0.560. The predicted octanol–water partition coefficient (Wildman–Crippen LogP) is 1.49. The molecular weight excluding hydrogens is 238 g/mol. The lowest BCUT2D eigenvalue weighted by Crippen LogP contribution is -2.56. The van der Waals surface area contributed by atoms with Gasteiger partial charge in [-0.15, -0.1) is 0 Å². The quantitative estimate of drug-likeness (QED) is 0.766. The molecule has 3 unspecified atom stereocenters. The van der Waals surface area contributed by atoms with Crippen LogP contribution in [0.2, 0.25) is 0 Å². The first-order chi connectivity index (χ1) is 8.90. The molecule has 1 saturated carbocycles. The first-order valence-corrected chi connectivity index (χ1v) is 7.72. The van der Waals surface area contributed by atoms with E-state index in [0.29, 0.717) is 12.1 Å². The lowest BCUT2D eigenvalue weighted by atomic mass is 9.92. The second-order valence-electron chi connectivity index (χ2n) is 6.89. The smallest absolute Gasteiger partial charge is 0.237 e. The molecule has 3 atom stereocenters. The van der Waals surface area contributed by atoms with Crippen LogP contribution in [0.25, 0.3) is 0 Å². The van der Waals surface area contributed by atoms with Crippen LogP contribution in [0, 0.1) is 5.92 Å². The number of hydrogen-bond donors (Lipinski definition) is 2. The van der Waals surface area contributed by atoms with Crippen LogP contribution in [0.4, 0.5) is 0 Å². The fourth-order valence-corrected chi connectivity index (χ4v) is 3.00. The van der Waals surface area contributed by atoms with Crippen LogP contribution in [-0.4, -0.2) is 41.5 Å². The summed E-state index contributed by atoms with van der Waals surface area (Å²) in [4.78, 5) is 14.3. The van der Waals surface area contributed by atoms with Gasteiger partial charge >= 0.3 is 0 Å². The molecule has 0 radical (unpaired) electrons.